The molecular formula is C35H31N3O3S3. The minimum atomic E-state index is -3.75. The molecule has 9 heteroatoms. The Morgan fingerprint density at radius 3 is 1.95 bits per heavy atom. The number of hydrogen-bond acceptors (Lipinski definition) is 5. The molecule has 0 saturated heterocycles. The van der Waals surface area contributed by atoms with Crippen LogP contribution in [0.1, 0.15) is 32.7 Å². The molecule has 0 unspecified atom stereocenters. The predicted molar refractivity (Wildman–Crippen MR) is 182 cm³/mol. The van der Waals surface area contributed by atoms with Gasteiger partial charge in [0.25, 0.3) is 15.9 Å². The molecule has 0 aliphatic heterocycles. The highest BCUT2D eigenvalue weighted by Crippen LogP contribution is 2.48. The maximum Gasteiger partial charge on any atom is 0.271 e. The van der Waals surface area contributed by atoms with Gasteiger partial charge in [-0.25, -0.2) is 8.42 Å². The number of aryl methyl sites for hydroxylation is 1. The van der Waals surface area contributed by atoms with E-state index >= 15 is 0 Å². The fraction of sp³-hybridized carbons (Fsp3) is 0.114. The Bertz CT molecular complexity index is 1880. The molecule has 0 atom stereocenters. The van der Waals surface area contributed by atoms with Gasteiger partial charge in [0.1, 0.15) is 9.90 Å². The molecule has 3 N–H and O–H groups in total. The van der Waals surface area contributed by atoms with E-state index in [-0.39, 0.29) is 10.1 Å². The van der Waals surface area contributed by atoms with Gasteiger partial charge in [-0.05, 0) is 46.7 Å². The SMILES string of the molecule is Cc1ccc2cc(C(=O)NCCSC(c3ccccc3)(c3ccccc3)c3ccccc3)[nH]c2c1NS(=O)(=O)c1cccs1. The lowest BCUT2D eigenvalue weighted by Crippen LogP contribution is -2.30. The average Bonchev–Trinajstić information content (AvgIpc) is 3.76. The van der Waals surface area contributed by atoms with Crippen molar-refractivity contribution in [2.24, 2.45) is 0 Å². The van der Waals surface area contributed by atoms with Crippen LogP contribution in [0.4, 0.5) is 5.69 Å². The Morgan fingerprint density at radius 2 is 1.41 bits per heavy atom. The van der Waals surface area contributed by atoms with Gasteiger partial charge in [-0.2, -0.15) is 0 Å². The lowest BCUT2D eigenvalue weighted by molar-refractivity contribution is 0.0952. The number of sulfonamides is 1. The zero-order valence-electron chi connectivity index (χ0n) is 24.0. The van der Waals surface area contributed by atoms with E-state index in [9.17, 15) is 13.2 Å². The smallest absolute Gasteiger partial charge is 0.271 e. The van der Waals surface area contributed by atoms with E-state index in [2.05, 4.69) is 87.8 Å². The van der Waals surface area contributed by atoms with E-state index < -0.39 is 14.8 Å². The number of hydrogen-bond donors (Lipinski definition) is 3. The first kappa shape index (κ1) is 29.7. The Morgan fingerprint density at radius 1 is 0.818 bits per heavy atom. The van der Waals surface area contributed by atoms with E-state index in [4.69, 9.17) is 0 Å². The van der Waals surface area contributed by atoms with Gasteiger partial charge < -0.3 is 10.3 Å². The van der Waals surface area contributed by atoms with E-state index in [0.717, 1.165) is 39.0 Å². The standard InChI is InChI=1S/C35H31N3O3S3/c1-25-19-20-26-24-30(37-33(26)32(25)38-44(40,41)31-18-11-22-42-31)34(39)36-21-23-43-35(27-12-5-2-6-13-27,28-14-7-3-8-15-28)29-16-9-4-10-17-29/h2-20,22,24,37-38H,21,23H2,1H3,(H,36,39). The number of rotatable bonds is 11. The normalized spacial score (nSPS) is 11.8. The van der Waals surface area contributed by atoms with Crippen LogP contribution in [0.15, 0.2) is 131 Å². The molecule has 0 bridgehead atoms. The van der Waals surface area contributed by atoms with Crippen molar-refractivity contribution >= 4 is 55.6 Å². The van der Waals surface area contributed by atoms with Crippen LogP contribution in [0.5, 0.6) is 0 Å². The lowest BCUT2D eigenvalue weighted by Gasteiger charge is -2.35. The zero-order valence-corrected chi connectivity index (χ0v) is 26.4. The molecule has 1 amide bonds. The zero-order chi connectivity index (χ0) is 30.6. The summed E-state index contributed by atoms with van der Waals surface area (Å²) in [4.78, 5) is 16.5. The third-order valence-electron chi connectivity index (χ3n) is 7.49. The second-order valence-electron chi connectivity index (χ2n) is 10.3. The van der Waals surface area contributed by atoms with Gasteiger partial charge in [-0.1, -0.05) is 109 Å². The van der Waals surface area contributed by atoms with E-state index in [1.54, 1.807) is 35.3 Å². The van der Waals surface area contributed by atoms with Crippen LogP contribution in [0.3, 0.4) is 0 Å². The summed E-state index contributed by atoms with van der Waals surface area (Å²) in [5.74, 6) is 0.395. The van der Waals surface area contributed by atoms with Gasteiger partial charge in [0, 0.05) is 17.7 Å². The van der Waals surface area contributed by atoms with Crippen LogP contribution in [-0.4, -0.2) is 31.6 Å². The number of amides is 1. The Balaban J connectivity index is 1.23. The van der Waals surface area contributed by atoms with Crippen molar-refractivity contribution in [3.05, 3.63) is 155 Å². The molecule has 2 heterocycles. The first-order chi connectivity index (χ1) is 21.4. The Hall–Kier alpha value is -4.31. The van der Waals surface area contributed by atoms with Gasteiger partial charge in [-0.3, -0.25) is 9.52 Å². The fourth-order valence-electron chi connectivity index (χ4n) is 5.39. The first-order valence-corrected chi connectivity index (χ1v) is 17.5. The average molecular weight is 638 g/mol. The van der Waals surface area contributed by atoms with Crippen LogP contribution >= 0.6 is 23.1 Å². The number of nitrogens with one attached hydrogen (secondary N) is 3. The summed E-state index contributed by atoms with van der Waals surface area (Å²) in [5, 5.41) is 5.53. The molecule has 0 aliphatic carbocycles. The number of H-pyrrole nitrogens is 1. The van der Waals surface area contributed by atoms with E-state index in [0.29, 0.717) is 29.2 Å². The van der Waals surface area contributed by atoms with Crippen molar-refractivity contribution in [3.63, 3.8) is 0 Å². The Labute approximate surface area is 265 Å². The molecule has 6 rings (SSSR count). The summed E-state index contributed by atoms with van der Waals surface area (Å²) >= 11 is 2.93. The van der Waals surface area contributed by atoms with Crippen molar-refractivity contribution < 1.29 is 13.2 Å². The highest BCUT2D eigenvalue weighted by atomic mass is 32.2. The topological polar surface area (TPSA) is 91.1 Å². The number of carbonyl (C=O) groups is 1. The summed E-state index contributed by atoms with van der Waals surface area (Å²) in [6.07, 6.45) is 0. The maximum atomic E-state index is 13.3. The number of anilines is 1. The monoisotopic (exact) mass is 637 g/mol. The molecule has 0 spiro atoms. The quantitative estimate of drug-likeness (QED) is 0.0999. The molecule has 0 radical (unpaired) electrons. The van der Waals surface area contributed by atoms with Crippen molar-refractivity contribution in [1.29, 1.82) is 0 Å². The summed E-state index contributed by atoms with van der Waals surface area (Å²) < 4.78 is 28.4. The summed E-state index contributed by atoms with van der Waals surface area (Å²) in [5.41, 5.74) is 5.62. The van der Waals surface area contributed by atoms with E-state index in [1.165, 1.54) is 0 Å². The van der Waals surface area contributed by atoms with Gasteiger partial charge in [0.05, 0.1) is 16.0 Å². The fourth-order valence-corrected chi connectivity index (χ4v) is 8.95. The second kappa shape index (κ2) is 12.7. The van der Waals surface area contributed by atoms with Gasteiger partial charge in [-0.15, -0.1) is 23.1 Å². The number of aromatic amines is 1. The van der Waals surface area contributed by atoms with Crippen LogP contribution in [0.2, 0.25) is 0 Å². The van der Waals surface area contributed by atoms with Crippen molar-refractivity contribution in [2.75, 3.05) is 17.0 Å². The third kappa shape index (κ3) is 5.91. The van der Waals surface area contributed by atoms with Gasteiger partial charge in [0.2, 0.25) is 0 Å². The largest absolute Gasteiger partial charge is 0.350 e. The summed E-state index contributed by atoms with van der Waals surface area (Å²) in [6.45, 7) is 2.27. The van der Waals surface area contributed by atoms with Crippen LogP contribution in [0, 0.1) is 6.92 Å². The number of benzene rings is 4. The highest BCUT2D eigenvalue weighted by Gasteiger charge is 2.36. The molecule has 0 aliphatic rings. The molecule has 222 valence electrons. The molecule has 6 nitrogen and oxygen atoms in total. The number of thioether (sulfide) groups is 1. The number of carbonyl (C=O) groups excluding carboxylic acids is 1. The highest BCUT2D eigenvalue weighted by molar-refractivity contribution is 8.00. The van der Waals surface area contributed by atoms with Crippen LogP contribution < -0.4 is 10.0 Å². The van der Waals surface area contributed by atoms with Crippen molar-refractivity contribution in [3.8, 4) is 0 Å². The first-order valence-electron chi connectivity index (χ1n) is 14.2. The number of aromatic nitrogens is 1. The minimum Gasteiger partial charge on any atom is -0.350 e. The van der Waals surface area contributed by atoms with E-state index in [1.807, 2.05) is 37.3 Å². The molecule has 0 saturated carbocycles. The molecule has 6 aromatic rings. The van der Waals surface area contributed by atoms with Crippen LogP contribution in [-0.2, 0) is 14.8 Å². The van der Waals surface area contributed by atoms with Crippen molar-refractivity contribution in [1.82, 2.24) is 10.3 Å². The second-order valence-corrected chi connectivity index (χ2v) is 14.5. The van der Waals surface area contributed by atoms with Crippen molar-refractivity contribution in [2.45, 2.75) is 15.9 Å². The number of fused-ring (bicyclic) bond motifs is 1. The summed E-state index contributed by atoms with van der Waals surface area (Å²) in [7, 11) is -3.75. The van der Waals surface area contributed by atoms with Gasteiger partial charge >= 0.3 is 0 Å². The predicted octanol–water partition coefficient (Wildman–Crippen LogP) is 7.79. The molecule has 44 heavy (non-hydrogen) atoms. The van der Waals surface area contributed by atoms with Crippen LogP contribution in [0.25, 0.3) is 10.9 Å². The third-order valence-corrected chi connectivity index (χ3v) is 11.8. The molecule has 4 aromatic carbocycles. The Kier molecular flexibility index (Phi) is 8.61. The molecule has 2 aromatic heterocycles. The maximum absolute atomic E-state index is 13.3. The van der Waals surface area contributed by atoms with Gasteiger partial charge in [0.15, 0.2) is 0 Å². The lowest BCUT2D eigenvalue weighted by atomic mass is 9.84. The molecule has 0 fully saturated rings. The molecular weight excluding hydrogens is 607 g/mol. The summed E-state index contributed by atoms with van der Waals surface area (Å²) in [6, 6.07) is 40.1. The number of thiophene rings is 1. The minimum absolute atomic E-state index is 0.230.